The van der Waals surface area contributed by atoms with E-state index < -0.39 is 5.97 Å². The van der Waals surface area contributed by atoms with Gasteiger partial charge >= 0.3 is 5.97 Å². The zero-order valence-electron chi connectivity index (χ0n) is 15.9. The number of nitrogens with zero attached hydrogens (tertiary/aromatic N) is 1. The maximum Gasteiger partial charge on any atom is 0.306 e. The second kappa shape index (κ2) is 8.69. The molecule has 0 saturated carbocycles. The first-order valence-electron chi connectivity index (χ1n) is 9.50. The quantitative estimate of drug-likeness (QED) is 0.832. The topological polar surface area (TPSA) is 86.7 Å². The zero-order chi connectivity index (χ0) is 20.1. The molecule has 2 amide bonds. The second-order valence-electron chi connectivity index (χ2n) is 6.99. The second-order valence-corrected chi connectivity index (χ2v) is 6.99. The van der Waals surface area contributed by atoms with Crippen molar-refractivity contribution in [2.75, 3.05) is 18.4 Å². The third kappa shape index (κ3) is 4.57. The molecule has 146 valence electrons. The number of carbonyl (C=O) groups is 3. The number of aryl methyl sites for hydroxylation is 1. The summed E-state index contributed by atoms with van der Waals surface area (Å²) in [6.07, 6.45) is 1.88. The van der Waals surface area contributed by atoms with Crippen LogP contribution in [0.25, 0.3) is 0 Å². The van der Waals surface area contributed by atoms with Crippen molar-refractivity contribution in [3.05, 3.63) is 65.2 Å². The zero-order valence-corrected chi connectivity index (χ0v) is 15.9. The minimum absolute atomic E-state index is 0.114. The number of anilines is 1. The van der Waals surface area contributed by atoms with Gasteiger partial charge in [0, 0.05) is 29.9 Å². The Bertz CT molecular complexity index is 851. The molecule has 1 heterocycles. The molecule has 6 heteroatoms. The van der Waals surface area contributed by atoms with Crippen LogP contribution in [0.15, 0.2) is 48.5 Å². The molecule has 1 aliphatic rings. The lowest BCUT2D eigenvalue weighted by Gasteiger charge is -2.30. The average molecular weight is 380 g/mol. The number of piperidine rings is 1. The number of carboxylic acid groups (broad SMARTS) is 1. The van der Waals surface area contributed by atoms with Gasteiger partial charge in [0.25, 0.3) is 11.8 Å². The number of aliphatic carboxylic acids is 1. The minimum Gasteiger partial charge on any atom is -0.481 e. The van der Waals surface area contributed by atoms with Crippen molar-refractivity contribution in [1.82, 2.24) is 4.90 Å². The van der Waals surface area contributed by atoms with E-state index in [0.717, 1.165) is 6.42 Å². The largest absolute Gasteiger partial charge is 0.481 e. The van der Waals surface area contributed by atoms with Gasteiger partial charge in [-0.2, -0.15) is 0 Å². The Morgan fingerprint density at radius 3 is 2.07 bits per heavy atom. The number of hydrogen-bond acceptors (Lipinski definition) is 3. The highest BCUT2D eigenvalue weighted by molar-refractivity contribution is 6.04. The van der Waals surface area contributed by atoms with Crippen LogP contribution in [0.5, 0.6) is 0 Å². The molecule has 28 heavy (non-hydrogen) atoms. The maximum atomic E-state index is 12.6. The maximum absolute atomic E-state index is 12.6. The van der Waals surface area contributed by atoms with Crippen molar-refractivity contribution >= 4 is 23.5 Å². The van der Waals surface area contributed by atoms with Crippen molar-refractivity contribution in [2.45, 2.75) is 26.2 Å². The van der Waals surface area contributed by atoms with Gasteiger partial charge in [-0.25, -0.2) is 0 Å². The molecule has 0 aliphatic carbocycles. The molecule has 0 unspecified atom stereocenters. The third-order valence-corrected chi connectivity index (χ3v) is 5.15. The molecule has 1 saturated heterocycles. The highest BCUT2D eigenvalue weighted by Crippen LogP contribution is 2.20. The minimum atomic E-state index is -0.795. The molecule has 0 atom stereocenters. The van der Waals surface area contributed by atoms with Crippen molar-refractivity contribution in [2.24, 2.45) is 5.92 Å². The summed E-state index contributed by atoms with van der Waals surface area (Å²) in [4.78, 5) is 37.6. The number of benzene rings is 2. The molecule has 6 nitrogen and oxygen atoms in total. The molecule has 1 fully saturated rings. The predicted octanol–water partition coefficient (Wildman–Crippen LogP) is 3.44. The summed E-state index contributed by atoms with van der Waals surface area (Å²) in [5.41, 5.74) is 2.90. The lowest BCUT2D eigenvalue weighted by atomic mass is 9.96. The molecule has 0 bridgehead atoms. The molecule has 1 aliphatic heterocycles. The summed E-state index contributed by atoms with van der Waals surface area (Å²) in [6, 6.07) is 14.2. The van der Waals surface area contributed by atoms with Crippen LogP contribution in [-0.2, 0) is 11.2 Å². The van der Waals surface area contributed by atoms with E-state index in [2.05, 4.69) is 12.2 Å². The van der Waals surface area contributed by atoms with Gasteiger partial charge in [0.05, 0.1) is 5.92 Å². The summed E-state index contributed by atoms with van der Waals surface area (Å²) in [5.74, 6) is -1.47. The lowest BCUT2D eigenvalue weighted by molar-refractivity contribution is -0.143. The van der Waals surface area contributed by atoms with Crippen LogP contribution in [0.3, 0.4) is 0 Å². The summed E-state index contributed by atoms with van der Waals surface area (Å²) < 4.78 is 0. The van der Waals surface area contributed by atoms with Crippen LogP contribution in [-0.4, -0.2) is 40.9 Å². The molecule has 0 aromatic heterocycles. The molecule has 0 radical (unpaired) electrons. The van der Waals surface area contributed by atoms with E-state index in [1.54, 1.807) is 41.3 Å². The number of rotatable bonds is 5. The number of amides is 2. The SMILES string of the molecule is CCc1ccc(C(=O)Nc2ccc(C(=O)N3CCC(C(=O)O)CC3)cc2)cc1. The number of hydrogen-bond donors (Lipinski definition) is 2. The van der Waals surface area contributed by atoms with Gasteiger partial charge < -0.3 is 15.3 Å². The Kier molecular flexibility index (Phi) is 6.09. The molecular formula is C22H24N2O4. The fourth-order valence-corrected chi connectivity index (χ4v) is 3.30. The number of carboxylic acids is 1. The van der Waals surface area contributed by atoms with Gasteiger partial charge in [-0.1, -0.05) is 19.1 Å². The van der Waals surface area contributed by atoms with E-state index in [9.17, 15) is 14.4 Å². The summed E-state index contributed by atoms with van der Waals surface area (Å²) in [7, 11) is 0. The van der Waals surface area contributed by atoms with E-state index in [-0.39, 0.29) is 17.7 Å². The monoisotopic (exact) mass is 380 g/mol. The van der Waals surface area contributed by atoms with Crippen LogP contribution >= 0.6 is 0 Å². The fraction of sp³-hybridized carbons (Fsp3) is 0.318. The Labute approximate surface area is 164 Å². The first-order chi connectivity index (χ1) is 13.5. The number of likely N-dealkylation sites (tertiary alicyclic amines) is 1. The van der Waals surface area contributed by atoms with Crippen LogP contribution in [0.2, 0.25) is 0 Å². The Morgan fingerprint density at radius 1 is 0.964 bits per heavy atom. The molecule has 2 N–H and O–H groups in total. The Morgan fingerprint density at radius 2 is 1.54 bits per heavy atom. The van der Waals surface area contributed by atoms with Gasteiger partial charge in [0.2, 0.25) is 0 Å². The van der Waals surface area contributed by atoms with Crippen molar-refractivity contribution in [3.63, 3.8) is 0 Å². The van der Waals surface area contributed by atoms with Crippen molar-refractivity contribution in [1.29, 1.82) is 0 Å². The Balaban J connectivity index is 1.59. The average Bonchev–Trinajstić information content (AvgIpc) is 2.74. The van der Waals surface area contributed by atoms with Gasteiger partial charge in [-0.3, -0.25) is 14.4 Å². The molecule has 3 rings (SSSR count). The van der Waals surface area contributed by atoms with Crippen molar-refractivity contribution in [3.8, 4) is 0 Å². The fourth-order valence-electron chi connectivity index (χ4n) is 3.30. The summed E-state index contributed by atoms with van der Waals surface area (Å²) >= 11 is 0. The Hall–Kier alpha value is -3.15. The van der Waals surface area contributed by atoms with E-state index in [4.69, 9.17) is 5.11 Å². The van der Waals surface area contributed by atoms with Crippen LogP contribution in [0, 0.1) is 5.92 Å². The summed E-state index contributed by atoms with van der Waals surface area (Å²) in [6.45, 7) is 2.95. The molecule has 2 aromatic carbocycles. The highest BCUT2D eigenvalue weighted by atomic mass is 16.4. The van der Waals surface area contributed by atoms with Gasteiger partial charge in [0.15, 0.2) is 0 Å². The van der Waals surface area contributed by atoms with Crippen LogP contribution < -0.4 is 5.32 Å². The molecule has 2 aromatic rings. The van der Waals surface area contributed by atoms with E-state index in [0.29, 0.717) is 42.7 Å². The summed E-state index contributed by atoms with van der Waals surface area (Å²) in [5, 5.41) is 11.9. The highest BCUT2D eigenvalue weighted by Gasteiger charge is 2.27. The number of nitrogens with one attached hydrogen (secondary N) is 1. The molecular weight excluding hydrogens is 356 g/mol. The van der Waals surface area contributed by atoms with Gasteiger partial charge in [-0.05, 0) is 61.2 Å². The predicted molar refractivity (Wildman–Crippen MR) is 106 cm³/mol. The first-order valence-corrected chi connectivity index (χ1v) is 9.50. The molecule has 0 spiro atoms. The van der Waals surface area contributed by atoms with E-state index in [1.165, 1.54) is 5.56 Å². The standard InChI is InChI=1S/C22H24N2O4/c1-2-15-3-5-16(6-4-15)20(25)23-19-9-7-17(8-10-19)21(26)24-13-11-18(12-14-24)22(27)28/h3-10,18H,2,11-14H2,1H3,(H,23,25)(H,27,28). The normalized spacial score (nSPS) is 14.5. The number of carbonyl (C=O) groups excluding carboxylic acids is 2. The smallest absolute Gasteiger partial charge is 0.306 e. The first kappa shape index (κ1) is 19.6. The van der Waals surface area contributed by atoms with Gasteiger partial charge in [0.1, 0.15) is 0 Å². The third-order valence-electron chi connectivity index (χ3n) is 5.15. The van der Waals surface area contributed by atoms with E-state index in [1.807, 2.05) is 12.1 Å². The van der Waals surface area contributed by atoms with Gasteiger partial charge in [-0.15, -0.1) is 0 Å². The van der Waals surface area contributed by atoms with Crippen molar-refractivity contribution < 1.29 is 19.5 Å². The van der Waals surface area contributed by atoms with Crippen LogP contribution in [0.1, 0.15) is 46.0 Å². The van der Waals surface area contributed by atoms with Crippen LogP contribution in [0.4, 0.5) is 5.69 Å². The lowest BCUT2D eigenvalue weighted by Crippen LogP contribution is -2.40. The van der Waals surface area contributed by atoms with E-state index >= 15 is 0 Å².